The second-order valence-corrected chi connectivity index (χ2v) is 7.10. The van der Waals surface area contributed by atoms with Crippen LogP contribution >= 0.6 is 11.8 Å². The third-order valence-corrected chi connectivity index (χ3v) is 5.83. The van der Waals surface area contributed by atoms with Crippen molar-refractivity contribution in [1.29, 1.82) is 0 Å². The molecule has 0 aliphatic heterocycles. The van der Waals surface area contributed by atoms with Crippen LogP contribution in [0.1, 0.15) is 13.8 Å². The number of hydrogen-bond donors (Lipinski definition) is 0. The monoisotopic (exact) mass is 258 g/mol. The van der Waals surface area contributed by atoms with Crippen LogP contribution in [0.4, 0.5) is 0 Å². The van der Waals surface area contributed by atoms with E-state index in [0.717, 1.165) is 11.8 Å². The van der Waals surface area contributed by atoms with Crippen LogP contribution < -0.4 is 0 Å². The molecule has 88 valence electrons. The van der Waals surface area contributed by atoms with E-state index in [9.17, 15) is 13.2 Å². The lowest BCUT2D eigenvalue weighted by atomic mass is 10.2. The Morgan fingerprint density at radius 1 is 1.19 bits per heavy atom. The second kappa shape index (κ2) is 4.59. The van der Waals surface area contributed by atoms with Crippen LogP contribution in [0.5, 0.6) is 0 Å². The number of benzene rings is 1. The number of rotatable bonds is 3. The lowest BCUT2D eigenvalue weighted by molar-refractivity contribution is -0.112. The molecule has 0 radical (unpaired) electrons. The smallest absolute Gasteiger partial charge is 0.209 e. The van der Waals surface area contributed by atoms with Crippen LogP contribution in [-0.4, -0.2) is 24.5 Å². The topological polar surface area (TPSA) is 51.2 Å². The summed E-state index contributed by atoms with van der Waals surface area (Å²) in [4.78, 5) is 11.8. The van der Waals surface area contributed by atoms with Gasteiger partial charge in [0, 0.05) is 0 Å². The van der Waals surface area contributed by atoms with Gasteiger partial charge in [-0.1, -0.05) is 30.0 Å². The van der Waals surface area contributed by atoms with E-state index in [2.05, 4.69) is 0 Å². The van der Waals surface area contributed by atoms with Gasteiger partial charge in [0.15, 0.2) is 9.84 Å². The second-order valence-electron chi connectivity index (χ2n) is 3.82. The maximum atomic E-state index is 12.2. The molecule has 16 heavy (non-hydrogen) atoms. The molecule has 0 N–H and O–H groups in total. The van der Waals surface area contributed by atoms with E-state index in [4.69, 9.17) is 0 Å². The van der Waals surface area contributed by atoms with Crippen LogP contribution in [-0.2, 0) is 14.6 Å². The van der Waals surface area contributed by atoms with Crippen molar-refractivity contribution < 1.29 is 13.2 Å². The third-order valence-electron chi connectivity index (χ3n) is 2.40. The Labute approximate surface area is 100 Å². The van der Waals surface area contributed by atoms with Gasteiger partial charge in [0.1, 0.15) is 4.75 Å². The van der Waals surface area contributed by atoms with Gasteiger partial charge in [-0.15, -0.1) is 0 Å². The van der Waals surface area contributed by atoms with Crippen molar-refractivity contribution in [2.45, 2.75) is 23.5 Å². The maximum absolute atomic E-state index is 12.2. The van der Waals surface area contributed by atoms with E-state index in [1.165, 1.54) is 26.0 Å². The molecule has 3 nitrogen and oxygen atoms in total. The molecule has 0 amide bonds. The Morgan fingerprint density at radius 3 is 2.12 bits per heavy atom. The maximum Gasteiger partial charge on any atom is 0.209 e. The average Bonchev–Trinajstić information content (AvgIpc) is 2.28. The van der Waals surface area contributed by atoms with Crippen molar-refractivity contribution in [3.8, 4) is 0 Å². The molecule has 1 rings (SSSR count). The Morgan fingerprint density at radius 2 is 1.69 bits per heavy atom. The number of hydrogen-bond acceptors (Lipinski definition) is 4. The van der Waals surface area contributed by atoms with E-state index < -0.39 is 14.6 Å². The molecule has 0 saturated carbocycles. The first-order chi connectivity index (χ1) is 7.34. The van der Waals surface area contributed by atoms with E-state index in [1.54, 1.807) is 24.5 Å². The van der Waals surface area contributed by atoms with Gasteiger partial charge in [0.05, 0.1) is 4.90 Å². The summed E-state index contributed by atoms with van der Waals surface area (Å²) in [5.41, 5.74) is 0. The molecule has 0 aromatic heterocycles. The van der Waals surface area contributed by atoms with Gasteiger partial charge in [0.2, 0.25) is 5.12 Å². The summed E-state index contributed by atoms with van der Waals surface area (Å²) < 4.78 is 23.0. The van der Waals surface area contributed by atoms with E-state index in [-0.39, 0.29) is 10.0 Å². The van der Waals surface area contributed by atoms with E-state index >= 15 is 0 Å². The first-order valence-corrected chi connectivity index (χ1v) is 7.43. The standard InChI is InChI=1S/C11H14O3S2/c1-11(2,10(12)15-3)16(13,14)9-7-5-4-6-8-9/h4-8H,1-3H3. The van der Waals surface area contributed by atoms with Crippen LogP contribution in [0.2, 0.25) is 0 Å². The normalized spacial score (nSPS) is 12.4. The third kappa shape index (κ3) is 2.15. The number of carbonyl (C=O) groups excluding carboxylic acids is 1. The fourth-order valence-electron chi connectivity index (χ4n) is 1.25. The van der Waals surface area contributed by atoms with Crippen molar-refractivity contribution in [3.63, 3.8) is 0 Å². The summed E-state index contributed by atoms with van der Waals surface area (Å²) in [6.45, 7) is 2.88. The zero-order valence-corrected chi connectivity index (χ0v) is 11.1. The first-order valence-electron chi connectivity index (χ1n) is 4.72. The summed E-state index contributed by atoms with van der Waals surface area (Å²) in [6.07, 6.45) is 1.59. The summed E-state index contributed by atoms with van der Waals surface area (Å²) in [6, 6.07) is 8.04. The molecule has 0 heterocycles. The Hall–Kier alpha value is -0.810. The molecular formula is C11H14O3S2. The highest BCUT2D eigenvalue weighted by Gasteiger charge is 2.41. The quantitative estimate of drug-likeness (QED) is 0.833. The van der Waals surface area contributed by atoms with Crippen LogP contribution in [0, 0.1) is 0 Å². The SMILES string of the molecule is CSC(=O)C(C)(C)S(=O)(=O)c1ccccc1. The van der Waals surface area contributed by atoms with Gasteiger partial charge in [0.25, 0.3) is 0 Å². The van der Waals surface area contributed by atoms with Gasteiger partial charge in [-0.3, -0.25) is 4.79 Å². The van der Waals surface area contributed by atoms with Crippen LogP contribution in [0.15, 0.2) is 35.2 Å². The van der Waals surface area contributed by atoms with Gasteiger partial charge in [-0.25, -0.2) is 8.42 Å². The Balaban J connectivity index is 3.28. The molecule has 0 aliphatic carbocycles. The van der Waals surface area contributed by atoms with Crippen molar-refractivity contribution in [2.24, 2.45) is 0 Å². The van der Waals surface area contributed by atoms with Gasteiger partial charge < -0.3 is 0 Å². The molecule has 0 unspecified atom stereocenters. The van der Waals surface area contributed by atoms with Crippen molar-refractivity contribution in [1.82, 2.24) is 0 Å². The van der Waals surface area contributed by atoms with Crippen LogP contribution in [0.25, 0.3) is 0 Å². The predicted octanol–water partition coefficient (Wildman–Crippen LogP) is 2.13. The number of sulfone groups is 1. The minimum absolute atomic E-state index is 0.183. The minimum Gasteiger partial charge on any atom is -0.285 e. The Kier molecular flexibility index (Phi) is 3.80. The van der Waals surface area contributed by atoms with E-state index in [0.29, 0.717) is 0 Å². The molecule has 0 spiro atoms. The lowest BCUT2D eigenvalue weighted by Gasteiger charge is -2.22. The van der Waals surface area contributed by atoms with E-state index in [1.807, 2.05) is 0 Å². The van der Waals surface area contributed by atoms with Crippen molar-refractivity contribution in [2.75, 3.05) is 6.26 Å². The zero-order valence-electron chi connectivity index (χ0n) is 9.43. The molecule has 0 saturated heterocycles. The molecule has 0 fully saturated rings. The largest absolute Gasteiger partial charge is 0.285 e. The Bertz CT molecular complexity index is 475. The summed E-state index contributed by atoms with van der Waals surface area (Å²) in [7, 11) is -3.62. The molecule has 0 atom stereocenters. The molecule has 0 bridgehead atoms. The summed E-state index contributed by atoms with van der Waals surface area (Å²) in [5, 5.41) is -0.351. The number of thioether (sulfide) groups is 1. The molecule has 1 aromatic rings. The minimum atomic E-state index is -3.62. The highest BCUT2D eigenvalue weighted by Crippen LogP contribution is 2.29. The fraction of sp³-hybridized carbons (Fsp3) is 0.364. The van der Waals surface area contributed by atoms with Crippen molar-refractivity contribution >= 4 is 26.7 Å². The predicted molar refractivity (Wildman–Crippen MR) is 66.2 cm³/mol. The highest BCUT2D eigenvalue weighted by molar-refractivity contribution is 8.15. The summed E-state index contributed by atoms with van der Waals surface area (Å²) >= 11 is 0.935. The molecule has 0 aliphatic rings. The van der Waals surface area contributed by atoms with Crippen LogP contribution in [0.3, 0.4) is 0 Å². The molecular weight excluding hydrogens is 244 g/mol. The summed E-state index contributed by atoms with van der Waals surface area (Å²) in [5.74, 6) is 0. The van der Waals surface area contributed by atoms with Crippen molar-refractivity contribution in [3.05, 3.63) is 30.3 Å². The molecule has 1 aromatic carbocycles. The highest BCUT2D eigenvalue weighted by atomic mass is 32.2. The van der Waals surface area contributed by atoms with Gasteiger partial charge >= 0.3 is 0 Å². The first kappa shape index (κ1) is 13.3. The lowest BCUT2D eigenvalue weighted by Crippen LogP contribution is -2.38. The average molecular weight is 258 g/mol. The zero-order chi connectivity index (χ0) is 12.4. The van der Waals surface area contributed by atoms with Gasteiger partial charge in [-0.2, -0.15) is 0 Å². The fourth-order valence-corrected chi connectivity index (χ4v) is 3.64. The van der Waals surface area contributed by atoms with Gasteiger partial charge in [-0.05, 0) is 32.2 Å². The number of carbonyl (C=O) groups is 1. The molecule has 5 heteroatoms.